The second-order valence-corrected chi connectivity index (χ2v) is 7.56. The van der Waals surface area contributed by atoms with Gasteiger partial charge >= 0.3 is 5.97 Å². The summed E-state index contributed by atoms with van der Waals surface area (Å²) in [6.45, 7) is 0. The molecule has 2 amide bonds. The molecule has 0 atom stereocenters. The van der Waals surface area contributed by atoms with E-state index in [1.165, 1.54) is 57.7 Å². The van der Waals surface area contributed by atoms with E-state index in [1.54, 1.807) is 36.4 Å². The minimum absolute atomic E-state index is 0.172. The van der Waals surface area contributed by atoms with Gasteiger partial charge in [-0.1, -0.05) is 29.8 Å². The molecule has 10 heteroatoms. The Bertz CT molecular complexity index is 1260. The average Bonchev–Trinajstić information content (AvgIpc) is 2.90. The molecular formula is C26H23ClN2O7. The lowest BCUT2D eigenvalue weighted by atomic mass is 10.1. The number of carbonyl (C=O) groups is 3. The van der Waals surface area contributed by atoms with E-state index in [0.717, 1.165) is 0 Å². The molecule has 0 bridgehead atoms. The quantitative estimate of drug-likeness (QED) is 0.203. The van der Waals surface area contributed by atoms with Crippen molar-refractivity contribution in [1.29, 1.82) is 0 Å². The number of rotatable bonds is 8. The molecule has 0 aromatic heterocycles. The number of hydrogen-bond acceptors (Lipinski definition) is 7. The number of benzene rings is 3. The summed E-state index contributed by atoms with van der Waals surface area (Å²) in [6, 6.07) is 15.8. The SMILES string of the molecule is COc1cc(C(=O)Oc2ccccc2/C=C/C(=O)NNC(=O)c2ccc(Cl)cc2)cc(OC)c1OC. The third kappa shape index (κ3) is 6.55. The number of amides is 2. The summed E-state index contributed by atoms with van der Waals surface area (Å²) in [5.41, 5.74) is 5.54. The molecule has 0 aliphatic carbocycles. The molecule has 0 aliphatic heterocycles. The maximum absolute atomic E-state index is 12.8. The van der Waals surface area contributed by atoms with Gasteiger partial charge in [0.15, 0.2) is 11.5 Å². The predicted octanol–water partition coefficient (Wildman–Crippen LogP) is 4.06. The molecule has 36 heavy (non-hydrogen) atoms. The maximum atomic E-state index is 12.8. The Morgan fingerprint density at radius 3 is 2.03 bits per heavy atom. The highest BCUT2D eigenvalue weighted by Gasteiger charge is 2.19. The molecule has 3 aromatic rings. The van der Waals surface area contributed by atoms with Crippen LogP contribution in [0.2, 0.25) is 5.02 Å². The Hall–Kier alpha value is -4.50. The fraction of sp³-hybridized carbons (Fsp3) is 0.115. The van der Waals surface area contributed by atoms with Gasteiger partial charge in [-0.25, -0.2) is 4.79 Å². The van der Waals surface area contributed by atoms with Crippen molar-refractivity contribution < 1.29 is 33.3 Å². The molecule has 0 heterocycles. The standard InChI is InChI=1S/C26H23ClN2O7/c1-33-21-14-18(15-22(34-2)24(21)35-3)26(32)36-20-7-5-4-6-16(20)10-13-23(30)28-29-25(31)17-8-11-19(27)12-9-17/h4-15H,1-3H3,(H,28,30)(H,29,31)/b13-10+. The van der Waals surface area contributed by atoms with E-state index in [9.17, 15) is 14.4 Å². The number of methoxy groups -OCH3 is 3. The van der Waals surface area contributed by atoms with Crippen molar-refractivity contribution in [3.05, 3.63) is 88.5 Å². The number of ether oxygens (including phenoxy) is 4. The minimum Gasteiger partial charge on any atom is -0.493 e. The van der Waals surface area contributed by atoms with Crippen LogP contribution in [-0.4, -0.2) is 39.1 Å². The third-order valence-electron chi connectivity index (χ3n) is 4.84. The van der Waals surface area contributed by atoms with Gasteiger partial charge in [0.25, 0.3) is 11.8 Å². The molecule has 0 saturated heterocycles. The van der Waals surface area contributed by atoms with Gasteiger partial charge < -0.3 is 18.9 Å². The van der Waals surface area contributed by atoms with Crippen LogP contribution in [0.3, 0.4) is 0 Å². The summed E-state index contributed by atoms with van der Waals surface area (Å²) in [5, 5.41) is 0.489. The van der Waals surface area contributed by atoms with Crippen molar-refractivity contribution in [3.8, 4) is 23.0 Å². The highest BCUT2D eigenvalue weighted by molar-refractivity contribution is 6.30. The van der Waals surface area contributed by atoms with Crippen molar-refractivity contribution in [2.45, 2.75) is 0 Å². The van der Waals surface area contributed by atoms with E-state index < -0.39 is 17.8 Å². The summed E-state index contributed by atoms with van der Waals surface area (Å²) >= 11 is 5.80. The van der Waals surface area contributed by atoms with Crippen molar-refractivity contribution in [2.24, 2.45) is 0 Å². The topological polar surface area (TPSA) is 112 Å². The van der Waals surface area contributed by atoms with Gasteiger partial charge in [0.05, 0.1) is 26.9 Å². The molecule has 0 saturated carbocycles. The van der Waals surface area contributed by atoms with E-state index in [2.05, 4.69) is 10.9 Å². The van der Waals surface area contributed by atoms with Crippen molar-refractivity contribution in [3.63, 3.8) is 0 Å². The number of carbonyl (C=O) groups excluding carboxylic acids is 3. The lowest BCUT2D eigenvalue weighted by Gasteiger charge is -2.14. The Balaban J connectivity index is 1.69. The summed E-state index contributed by atoms with van der Waals surface area (Å²) in [4.78, 5) is 37.1. The Morgan fingerprint density at radius 2 is 1.42 bits per heavy atom. The smallest absolute Gasteiger partial charge is 0.343 e. The molecule has 0 radical (unpaired) electrons. The van der Waals surface area contributed by atoms with Crippen LogP contribution in [0.25, 0.3) is 6.08 Å². The lowest BCUT2D eigenvalue weighted by molar-refractivity contribution is -0.117. The zero-order valence-electron chi connectivity index (χ0n) is 19.7. The first-order chi connectivity index (χ1) is 17.4. The molecule has 0 unspecified atom stereocenters. The van der Waals surface area contributed by atoms with Crippen LogP contribution in [0.15, 0.2) is 66.7 Å². The van der Waals surface area contributed by atoms with Gasteiger partial charge in [-0.05, 0) is 48.5 Å². The maximum Gasteiger partial charge on any atom is 0.343 e. The van der Waals surface area contributed by atoms with Crippen molar-refractivity contribution in [2.75, 3.05) is 21.3 Å². The molecule has 0 aliphatic rings. The molecule has 3 rings (SSSR count). The van der Waals surface area contributed by atoms with Crippen molar-refractivity contribution in [1.82, 2.24) is 10.9 Å². The first-order valence-electron chi connectivity index (χ1n) is 10.5. The number of esters is 1. The van der Waals surface area contributed by atoms with Gasteiger partial charge in [-0.2, -0.15) is 0 Å². The Labute approximate surface area is 212 Å². The average molecular weight is 511 g/mol. The van der Waals surface area contributed by atoms with Crippen LogP contribution < -0.4 is 29.8 Å². The number of para-hydroxylation sites is 1. The highest BCUT2D eigenvalue weighted by Crippen LogP contribution is 2.38. The zero-order chi connectivity index (χ0) is 26.1. The molecule has 3 aromatic carbocycles. The van der Waals surface area contributed by atoms with Crippen LogP contribution in [0.5, 0.6) is 23.0 Å². The number of hydrazine groups is 1. The molecule has 2 N–H and O–H groups in total. The molecule has 186 valence electrons. The van der Waals surface area contributed by atoms with Gasteiger partial charge in [0.2, 0.25) is 5.75 Å². The summed E-state index contributed by atoms with van der Waals surface area (Å²) < 4.78 is 21.4. The van der Waals surface area contributed by atoms with Crippen LogP contribution in [0, 0.1) is 0 Å². The molecule has 9 nitrogen and oxygen atoms in total. The number of nitrogens with one attached hydrogen (secondary N) is 2. The monoisotopic (exact) mass is 510 g/mol. The van der Waals surface area contributed by atoms with Crippen LogP contribution in [-0.2, 0) is 4.79 Å². The van der Waals surface area contributed by atoms with E-state index in [4.69, 9.17) is 30.5 Å². The van der Waals surface area contributed by atoms with Crippen LogP contribution in [0.4, 0.5) is 0 Å². The fourth-order valence-electron chi connectivity index (χ4n) is 3.07. The molecule has 0 fully saturated rings. The van der Waals surface area contributed by atoms with E-state index in [0.29, 0.717) is 33.4 Å². The molecule has 0 spiro atoms. The lowest BCUT2D eigenvalue weighted by Crippen LogP contribution is -2.40. The number of hydrogen-bond donors (Lipinski definition) is 2. The number of halogens is 1. The summed E-state index contributed by atoms with van der Waals surface area (Å²) in [5.74, 6) is -0.617. The zero-order valence-corrected chi connectivity index (χ0v) is 20.4. The van der Waals surface area contributed by atoms with E-state index in [-0.39, 0.29) is 11.3 Å². The van der Waals surface area contributed by atoms with E-state index >= 15 is 0 Å². The summed E-state index contributed by atoms with van der Waals surface area (Å²) in [7, 11) is 4.34. The first kappa shape index (κ1) is 26.1. The second-order valence-electron chi connectivity index (χ2n) is 7.12. The summed E-state index contributed by atoms with van der Waals surface area (Å²) in [6.07, 6.45) is 2.63. The van der Waals surface area contributed by atoms with Gasteiger partial charge in [-0.15, -0.1) is 0 Å². The van der Waals surface area contributed by atoms with E-state index in [1.807, 2.05) is 0 Å². The van der Waals surface area contributed by atoms with Crippen molar-refractivity contribution >= 4 is 35.5 Å². The predicted molar refractivity (Wildman–Crippen MR) is 134 cm³/mol. The van der Waals surface area contributed by atoms with Crippen LogP contribution >= 0.6 is 11.6 Å². The Morgan fingerprint density at radius 1 is 0.778 bits per heavy atom. The van der Waals surface area contributed by atoms with Gasteiger partial charge in [0.1, 0.15) is 5.75 Å². The van der Waals surface area contributed by atoms with Crippen LogP contribution in [0.1, 0.15) is 26.3 Å². The fourth-order valence-corrected chi connectivity index (χ4v) is 3.19. The molecular weight excluding hydrogens is 488 g/mol. The Kier molecular flexibility index (Phi) is 8.90. The first-order valence-corrected chi connectivity index (χ1v) is 10.9. The highest BCUT2D eigenvalue weighted by atomic mass is 35.5. The second kappa shape index (κ2) is 12.3. The van der Waals surface area contributed by atoms with Gasteiger partial charge in [0, 0.05) is 22.2 Å². The minimum atomic E-state index is -0.671. The third-order valence-corrected chi connectivity index (χ3v) is 5.09. The normalized spacial score (nSPS) is 10.4. The largest absolute Gasteiger partial charge is 0.493 e. The van der Waals surface area contributed by atoms with Gasteiger partial charge in [-0.3, -0.25) is 20.4 Å².